The second-order valence-electron chi connectivity index (χ2n) is 7.52. The summed E-state index contributed by atoms with van der Waals surface area (Å²) in [5.74, 6) is 0.574. The Morgan fingerprint density at radius 2 is 1.89 bits per heavy atom. The van der Waals surface area contributed by atoms with Crippen LogP contribution in [0.5, 0.6) is 5.75 Å². The number of rotatable bonds is 9. The van der Waals surface area contributed by atoms with Gasteiger partial charge in [0.25, 0.3) is 5.91 Å². The molecular weight excluding hydrogens is 484 g/mol. The standard InChI is InChI=1S/C25H23ClN6O2S/c1-17-13-19(26)11-12-21(17)27-15-23-29-31-25(32(23)20-8-3-2-4-9-20)35-16-24(34)30-28-14-18-7-5-6-10-22(18)33/h2-14,27,33H,15-16H2,1H3,(H,30,34)/b28-14-. The number of anilines is 1. The van der Waals surface area contributed by atoms with E-state index in [0.717, 1.165) is 16.9 Å². The molecule has 4 rings (SSSR count). The Labute approximate surface area is 212 Å². The van der Waals surface area contributed by atoms with Gasteiger partial charge in [0.15, 0.2) is 11.0 Å². The molecule has 0 unspecified atom stereocenters. The number of carbonyl (C=O) groups is 1. The lowest BCUT2D eigenvalue weighted by molar-refractivity contribution is -0.118. The van der Waals surface area contributed by atoms with E-state index in [1.165, 1.54) is 18.0 Å². The van der Waals surface area contributed by atoms with Gasteiger partial charge >= 0.3 is 0 Å². The molecule has 1 amide bonds. The highest BCUT2D eigenvalue weighted by molar-refractivity contribution is 7.99. The SMILES string of the molecule is Cc1cc(Cl)ccc1NCc1nnc(SCC(=O)N/N=C\c2ccccc2O)n1-c1ccccc1. The van der Waals surface area contributed by atoms with Gasteiger partial charge in [0, 0.05) is 22.0 Å². The second kappa shape index (κ2) is 11.5. The number of amides is 1. The van der Waals surface area contributed by atoms with Crippen molar-refractivity contribution >= 4 is 41.2 Å². The number of aromatic nitrogens is 3. The van der Waals surface area contributed by atoms with E-state index in [1.54, 1.807) is 24.3 Å². The zero-order valence-electron chi connectivity index (χ0n) is 18.9. The maximum atomic E-state index is 12.3. The number of hydrazone groups is 1. The molecule has 0 fully saturated rings. The Bertz CT molecular complexity index is 1340. The summed E-state index contributed by atoms with van der Waals surface area (Å²) in [4.78, 5) is 12.3. The van der Waals surface area contributed by atoms with Crippen LogP contribution in [0.3, 0.4) is 0 Å². The summed E-state index contributed by atoms with van der Waals surface area (Å²) in [6.07, 6.45) is 1.40. The minimum absolute atomic E-state index is 0.0887. The predicted octanol–water partition coefficient (Wildman–Crippen LogP) is 4.79. The smallest absolute Gasteiger partial charge is 0.250 e. The second-order valence-corrected chi connectivity index (χ2v) is 8.90. The molecule has 178 valence electrons. The Morgan fingerprint density at radius 3 is 2.66 bits per heavy atom. The van der Waals surface area contributed by atoms with Gasteiger partial charge in [0.1, 0.15) is 5.75 Å². The molecule has 0 spiro atoms. The number of para-hydroxylation sites is 2. The van der Waals surface area contributed by atoms with Crippen LogP contribution in [0.1, 0.15) is 17.0 Å². The van der Waals surface area contributed by atoms with Crippen molar-refractivity contribution in [2.75, 3.05) is 11.1 Å². The molecule has 3 N–H and O–H groups in total. The first-order valence-corrected chi connectivity index (χ1v) is 12.1. The van der Waals surface area contributed by atoms with Crippen LogP contribution in [-0.4, -0.2) is 37.7 Å². The number of carbonyl (C=O) groups excluding carboxylic acids is 1. The van der Waals surface area contributed by atoms with Gasteiger partial charge in [-0.2, -0.15) is 5.10 Å². The fourth-order valence-corrected chi connectivity index (χ4v) is 4.27. The van der Waals surface area contributed by atoms with Crippen LogP contribution >= 0.6 is 23.4 Å². The van der Waals surface area contributed by atoms with Crippen LogP contribution in [0, 0.1) is 6.92 Å². The molecule has 4 aromatic rings. The van der Waals surface area contributed by atoms with Crippen molar-refractivity contribution < 1.29 is 9.90 Å². The highest BCUT2D eigenvalue weighted by atomic mass is 35.5. The molecule has 0 aliphatic rings. The molecular formula is C25H23ClN6O2S. The van der Waals surface area contributed by atoms with Crippen LogP contribution < -0.4 is 10.7 Å². The minimum atomic E-state index is -0.305. The lowest BCUT2D eigenvalue weighted by Crippen LogP contribution is -2.20. The van der Waals surface area contributed by atoms with E-state index in [2.05, 4.69) is 26.0 Å². The van der Waals surface area contributed by atoms with E-state index in [-0.39, 0.29) is 17.4 Å². The molecule has 8 nitrogen and oxygen atoms in total. The zero-order chi connectivity index (χ0) is 24.6. The van der Waals surface area contributed by atoms with Gasteiger partial charge in [-0.05, 0) is 55.0 Å². The van der Waals surface area contributed by atoms with Crippen molar-refractivity contribution in [2.24, 2.45) is 5.10 Å². The van der Waals surface area contributed by atoms with Crippen molar-refractivity contribution in [1.29, 1.82) is 0 Å². The molecule has 0 bridgehead atoms. The molecule has 1 aromatic heterocycles. The van der Waals surface area contributed by atoms with Crippen LogP contribution in [0.4, 0.5) is 5.69 Å². The average Bonchev–Trinajstić information content (AvgIpc) is 3.27. The van der Waals surface area contributed by atoms with Crippen LogP contribution in [0.25, 0.3) is 5.69 Å². The van der Waals surface area contributed by atoms with Crippen LogP contribution in [0.15, 0.2) is 83.1 Å². The van der Waals surface area contributed by atoms with Crippen molar-refractivity contribution in [3.63, 3.8) is 0 Å². The molecule has 0 aliphatic carbocycles. The minimum Gasteiger partial charge on any atom is -0.507 e. The topological polar surface area (TPSA) is 104 Å². The van der Waals surface area contributed by atoms with Gasteiger partial charge in [-0.1, -0.05) is 53.7 Å². The van der Waals surface area contributed by atoms with Gasteiger partial charge in [0.05, 0.1) is 18.5 Å². The summed E-state index contributed by atoms with van der Waals surface area (Å²) in [6.45, 7) is 2.42. The van der Waals surface area contributed by atoms with E-state index in [1.807, 2.05) is 60.0 Å². The van der Waals surface area contributed by atoms with E-state index < -0.39 is 0 Å². The van der Waals surface area contributed by atoms with E-state index >= 15 is 0 Å². The van der Waals surface area contributed by atoms with Crippen LogP contribution in [0.2, 0.25) is 5.02 Å². The largest absolute Gasteiger partial charge is 0.507 e. The summed E-state index contributed by atoms with van der Waals surface area (Å²) >= 11 is 7.32. The first-order chi connectivity index (χ1) is 17.0. The average molecular weight is 507 g/mol. The quantitative estimate of drug-likeness (QED) is 0.171. The number of phenolic OH excluding ortho intramolecular Hbond substituents is 1. The number of nitrogens with one attached hydrogen (secondary N) is 2. The zero-order valence-corrected chi connectivity index (χ0v) is 20.4. The van der Waals surface area contributed by atoms with Crippen molar-refractivity contribution in [3.05, 3.63) is 94.8 Å². The normalized spacial score (nSPS) is 11.0. The lowest BCUT2D eigenvalue weighted by atomic mass is 10.2. The number of nitrogens with zero attached hydrogens (tertiary/aromatic N) is 4. The lowest BCUT2D eigenvalue weighted by Gasteiger charge is -2.12. The summed E-state index contributed by atoms with van der Waals surface area (Å²) in [7, 11) is 0. The van der Waals surface area contributed by atoms with E-state index in [4.69, 9.17) is 11.6 Å². The maximum Gasteiger partial charge on any atom is 0.250 e. The fourth-order valence-electron chi connectivity index (χ4n) is 3.28. The predicted molar refractivity (Wildman–Crippen MR) is 139 cm³/mol. The molecule has 0 saturated heterocycles. The monoisotopic (exact) mass is 506 g/mol. The Kier molecular flexibility index (Phi) is 8.02. The third-order valence-electron chi connectivity index (χ3n) is 5.00. The van der Waals surface area contributed by atoms with E-state index in [9.17, 15) is 9.90 Å². The van der Waals surface area contributed by atoms with Gasteiger partial charge in [0.2, 0.25) is 0 Å². The Hall–Kier alpha value is -3.82. The first kappa shape index (κ1) is 24.3. The van der Waals surface area contributed by atoms with Gasteiger partial charge in [-0.15, -0.1) is 10.2 Å². The summed E-state index contributed by atoms with van der Waals surface area (Å²) in [5.41, 5.74) is 5.85. The van der Waals surface area contributed by atoms with Crippen molar-refractivity contribution in [2.45, 2.75) is 18.6 Å². The highest BCUT2D eigenvalue weighted by Crippen LogP contribution is 2.24. The molecule has 35 heavy (non-hydrogen) atoms. The number of thioether (sulfide) groups is 1. The molecule has 3 aromatic carbocycles. The van der Waals surface area contributed by atoms with Gasteiger partial charge in [-0.3, -0.25) is 9.36 Å². The molecule has 1 heterocycles. The van der Waals surface area contributed by atoms with Crippen molar-refractivity contribution in [1.82, 2.24) is 20.2 Å². The number of benzene rings is 3. The summed E-state index contributed by atoms with van der Waals surface area (Å²) in [5, 5.41) is 27.0. The first-order valence-electron chi connectivity index (χ1n) is 10.7. The molecule has 0 radical (unpaired) electrons. The van der Waals surface area contributed by atoms with Crippen molar-refractivity contribution in [3.8, 4) is 11.4 Å². The van der Waals surface area contributed by atoms with Gasteiger partial charge < -0.3 is 10.4 Å². The summed E-state index contributed by atoms with van der Waals surface area (Å²) < 4.78 is 1.92. The molecule has 0 atom stereocenters. The number of phenols is 1. The van der Waals surface area contributed by atoms with Gasteiger partial charge in [-0.25, -0.2) is 5.43 Å². The molecule has 0 aliphatic heterocycles. The maximum absolute atomic E-state index is 12.3. The molecule has 10 heteroatoms. The highest BCUT2D eigenvalue weighted by Gasteiger charge is 2.16. The fraction of sp³-hybridized carbons (Fsp3) is 0.120. The van der Waals surface area contributed by atoms with E-state index in [0.29, 0.717) is 28.1 Å². The number of aryl methyl sites for hydroxylation is 1. The summed E-state index contributed by atoms with van der Waals surface area (Å²) in [6, 6.07) is 22.1. The Balaban J connectivity index is 1.45. The molecule has 0 saturated carbocycles. The number of aromatic hydroxyl groups is 1. The Morgan fingerprint density at radius 1 is 1.11 bits per heavy atom. The number of hydrogen-bond acceptors (Lipinski definition) is 7. The third kappa shape index (κ3) is 6.40. The third-order valence-corrected chi connectivity index (χ3v) is 6.17. The van der Waals surface area contributed by atoms with Crippen LogP contribution in [-0.2, 0) is 11.3 Å². The number of hydrogen-bond donors (Lipinski definition) is 3. The number of halogens is 1.